The van der Waals surface area contributed by atoms with Gasteiger partial charge in [0.25, 0.3) is 0 Å². The number of carbonyl (C=O) groups is 2. The van der Waals surface area contributed by atoms with Crippen LogP contribution < -0.4 is 10.6 Å². The molecule has 34 heavy (non-hydrogen) atoms. The average Bonchev–Trinajstić information content (AvgIpc) is 3.41. The lowest BCUT2D eigenvalue weighted by atomic mass is 9.94. The van der Waals surface area contributed by atoms with E-state index in [-0.39, 0.29) is 5.41 Å². The molecule has 3 rings (SSSR count). The highest BCUT2D eigenvalue weighted by Crippen LogP contribution is 2.24. The fourth-order valence-electron chi connectivity index (χ4n) is 2.64. The fourth-order valence-corrected chi connectivity index (χ4v) is 3.35. The molecular formula is C24H29N5O4S. The van der Waals surface area contributed by atoms with Crippen molar-refractivity contribution < 1.29 is 18.7 Å². The zero-order valence-corrected chi connectivity index (χ0v) is 20.7. The van der Waals surface area contributed by atoms with Gasteiger partial charge in [-0.05, 0) is 44.4 Å². The summed E-state index contributed by atoms with van der Waals surface area (Å²) in [6.07, 6.45) is 6.97. The smallest absolute Gasteiger partial charge is 0.338 e. The quantitative estimate of drug-likeness (QED) is 0.436. The third-order valence-corrected chi connectivity index (χ3v) is 5.43. The number of anilines is 2. The van der Waals surface area contributed by atoms with Crippen LogP contribution in [0.5, 0.6) is 0 Å². The Balaban J connectivity index is 1.50. The summed E-state index contributed by atoms with van der Waals surface area (Å²) in [5.41, 5.74) is 0.850. The van der Waals surface area contributed by atoms with E-state index in [1.807, 2.05) is 25.1 Å². The molecule has 180 valence electrons. The van der Waals surface area contributed by atoms with Gasteiger partial charge in [-0.3, -0.25) is 5.32 Å². The lowest BCUT2D eigenvalue weighted by Gasteiger charge is -2.12. The number of nitrogens with one attached hydrogen (secondary N) is 2. The van der Waals surface area contributed by atoms with Gasteiger partial charge < -0.3 is 19.4 Å². The highest BCUT2D eigenvalue weighted by Gasteiger charge is 2.18. The molecule has 0 fully saturated rings. The summed E-state index contributed by atoms with van der Waals surface area (Å²) >= 11 is 1.32. The number of ether oxygens (including phenoxy) is 1. The largest absolute Gasteiger partial charge is 0.461 e. The van der Waals surface area contributed by atoms with E-state index in [4.69, 9.17) is 9.15 Å². The number of urea groups is 1. The van der Waals surface area contributed by atoms with Gasteiger partial charge in [-0.25, -0.2) is 19.6 Å². The van der Waals surface area contributed by atoms with Crippen LogP contribution in [0.2, 0.25) is 0 Å². The summed E-state index contributed by atoms with van der Waals surface area (Å²) in [4.78, 5) is 35.6. The maximum atomic E-state index is 12.3. The van der Waals surface area contributed by atoms with Crippen LogP contribution in [-0.2, 0) is 10.2 Å². The molecule has 0 radical (unpaired) electrons. The van der Waals surface area contributed by atoms with E-state index in [0.717, 1.165) is 10.6 Å². The molecule has 2 aromatic heterocycles. The molecule has 2 N–H and O–H groups in total. The molecule has 9 nitrogen and oxygen atoms in total. The van der Waals surface area contributed by atoms with Crippen LogP contribution in [0.4, 0.5) is 15.6 Å². The van der Waals surface area contributed by atoms with Crippen LogP contribution in [0.1, 0.15) is 47.7 Å². The number of benzene rings is 1. The van der Waals surface area contributed by atoms with Crippen molar-refractivity contribution in [3.05, 3.63) is 58.8 Å². The number of rotatable bonds is 8. The molecule has 0 atom stereocenters. The van der Waals surface area contributed by atoms with Crippen molar-refractivity contribution in [3.63, 3.8) is 0 Å². The van der Waals surface area contributed by atoms with E-state index < -0.39 is 12.0 Å². The fraction of sp³-hybridized carbons (Fsp3) is 0.333. The first-order valence-corrected chi connectivity index (χ1v) is 11.5. The molecular weight excluding hydrogens is 454 g/mol. The predicted octanol–water partition coefficient (Wildman–Crippen LogP) is 4.96. The molecule has 0 saturated heterocycles. The monoisotopic (exact) mass is 483 g/mol. The summed E-state index contributed by atoms with van der Waals surface area (Å²) < 4.78 is 10.9. The van der Waals surface area contributed by atoms with Gasteiger partial charge in [0.15, 0.2) is 5.13 Å². The number of hydrogen-bond donors (Lipinski definition) is 2. The summed E-state index contributed by atoms with van der Waals surface area (Å²) in [6, 6.07) is 6.05. The maximum absolute atomic E-state index is 12.3. The summed E-state index contributed by atoms with van der Waals surface area (Å²) in [7, 11) is 3.81. The first kappa shape index (κ1) is 25.1. The van der Waals surface area contributed by atoms with Gasteiger partial charge in [-0.1, -0.05) is 32.1 Å². The molecule has 2 amide bonds. The minimum Gasteiger partial charge on any atom is -0.461 e. The molecule has 2 heterocycles. The Morgan fingerprint density at radius 2 is 1.82 bits per heavy atom. The molecule has 0 aliphatic carbocycles. The topological polar surface area (TPSA) is 110 Å². The Kier molecular flexibility index (Phi) is 8.19. The third kappa shape index (κ3) is 7.53. The highest BCUT2D eigenvalue weighted by molar-refractivity contribution is 7.16. The molecule has 10 heteroatoms. The lowest BCUT2D eigenvalue weighted by Crippen LogP contribution is -2.20. The average molecular weight is 484 g/mol. The van der Waals surface area contributed by atoms with Gasteiger partial charge in [-0.2, -0.15) is 0 Å². The van der Waals surface area contributed by atoms with E-state index in [9.17, 15) is 9.59 Å². The Bertz CT molecular complexity index is 1140. The maximum Gasteiger partial charge on any atom is 0.338 e. The van der Waals surface area contributed by atoms with Crippen LogP contribution >= 0.6 is 11.3 Å². The predicted molar refractivity (Wildman–Crippen MR) is 134 cm³/mol. The number of thiazole rings is 1. The van der Waals surface area contributed by atoms with Gasteiger partial charge in [0.1, 0.15) is 12.4 Å². The van der Waals surface area contributed by atoms with Gasteiger partial charge in [0.05, 0.1) is 11.8 Å². The van der Waals surface area contributed by atoms with Crippen LogP contribution in [-0.4, -0.2) is 54.1 Å². The summed E-state index contributed by atoms with van der Waals surface area (Å²) in [5.74, 6) is 0.918. The highest BCUT2D eigenvalue weighted by atomic mass is 32.1. The van der Waals surface area contributed by atoms with Crippen molar-refractivity contribution in [1.82, 2.24) is 14.9 Å². The van der Waals surface area contributed by atoms with Crippen molar-refractivity contribution in [2.75, 3.05) is 37.9 Å². The number of carbonyl (C=O) groups excluding carboxylic acids is 2. The zero-order chi connectivity index (χ0) is 24.7. The number of likely N-dealkylation sites (N-methyl/N-ethyl adjacent to an activating group) is 1. The molecule has 0 aliphatic heterocycles. The molecule has 0 saturated carbocycles. The summed E-state index contributed by atoms with van der Waals surface area (Å²) in [6.45, 7) is 7.14. The van der Waals surface area contributed by atoms with Crippen LogP contribution in [0, 0.1) is 0 Å². The molecule has 3 aromatic rings. The van der Waals surface area contributed by atoms with Gasteiger partial charge in [-0.15, -0.1) is 0 Å². The van der Waals surface area contributed by atoms with Crippen molar-refractivity contribution in [3.8, 4) is 0 Å². The number of oxazole rings is 1. The van der Waals surface area contributed by atoms with Crippen molar-refractivity contribution in [2.45, 2.75) is 26.2 Å². The number of hydrogen-bond acceptors (Lipinski definition) is 8. The lowest BCUT2D eigenvalue weighted by molar-refractivity contribution is 0.0482. The van der Waals surface area contributed by atoms with Crippen molar-refractivity contribution in [1.29, 1.82) is 0 Å². The number of amides is 2. The van der Waals surface area contributed by atoms with E-state index in [2.05, 4.69) is 41.4 Å². The molecule has 1 aromatic carbocycles. The standard InChI is InChI=1S/C24H29N5O4S/c1-24(2,3)19-15-25-20(33-19)11-10-18-14-26-23(34-18)28-22(31)27-17-8-6-16(7-9-17)21(30)32-13-12-29(4)5/h6-11,14-15H,12-13H2,1-5H3,(H2,26,27,28,31)/b11-10+. The third-order valence-electron chi connectivity index (χ3n) is 4.55. The van der Waals surface area contributed by atoms with Crippen LogP contribution in [0.25, 0.3) is 12.2 Å². The number of esters is 1. The van der Waals surface area contributed by atoms with Crippen molar-refractivity contribution >= 4 is 46.3 Å². The molecule has 0 spiro atoms. The first-order valence-electron chi connectivity index (χ1n) is 10.7. The van der Waals surface area contributed by atoms with Gasteiger partial charge >= 0.3 is 12.0 Å². The zero-order valence-electron chi connectivity index (χ0n) is 19.9. The molecule has 0 bridgehead atoms. The van der Waals surface area contributed by atoms with Crippen molar-refractivity contribution in [2.24, 2.45) is 0 Å². The van der Waals surface area contributed by atoms with Gasteiger partial charge in [0.2, 0.25) is 5.89 Å². The van der Waals surface area contributed by atoms with E-state index >= 15 is 0 Å². The molecule has 0 unspecified atom stereocenters. The van der Waals surface area contributed by atoms with E-state index in [1.54, 1.807) is 42.7 Å². The Morgan fingerprint density at radius 1 is 1.09 bits per heavy atom. The minimum absolute atomic E-state index is 0.108. The first-order chi connectivity index (χ1) is 16.1. The van der Waals surface area contributed by atoms with Crippen LogP contribution in [0.15, 0.2) is 41.1 Å². The minimum atomic E-state index is -0.436. The van der Waals surface area contributed by atoms with Gasteiger partial charge in [0, 0.05) is 34.8 Å². The van der Waals surface area contributed by atoms with E-state index in [0.29, 0.717) is 35.4 Å². The number of nitrogens with zero attached hydrogens (tertiary/aromatic N) is 3. The van der Waals surface area contributed by atoms with Crippen LogP contribution in [0.3, 0.4) is 0 Å². The normalized spacial score (nSPS) is 11.7. The second-order valence-electron chi connectivity index (χ2n) is 8.81. The Hall–Kier alpha value is -3.50. The summed E-state index contributed by atoms with van der Waals surface area (Å²) in [5, 5.41) is 5.86. The number of aromatic nitrogens is 2. The Labute approximate surface area is 202 Å². The van der Waals surface area contributed by atoms with E-state index in [1.165, 1.54) is 11.3 Å². The molecule has 0 aliphatic rings. The SMILES string of the molecule is CN(C)CCOC(=O)c1ccc(NC(=O)Nc2ncc(/C=C/c3ncc(C(C)(C)C)o3)s2)cc1. The second-order valence-corrected chi connectivity index (χ2v) is 9.87. The second kappa shape index (κ2) is 11.1. The Morgan fingerprint density at radius 3 is 2.47 bits per heavy atom.